The Kier molecular flexibility index (Phi) is 6.55. The number of hydrogen-bond donors (Lipinski definition) is 2. The summed E-state index contributed by atoms with van der Waals surface area (Å²) in [5.41, 5.74) is 1.68. The van der Waals surface area contributed by atoms with Crippen molar-refractivity contribution in [2.24, 2.45) is 0 Å². The largest absolute Gasteiger partial charge is 0.359 e. The highest BCUT2D eigenvalue weighted by Gasteiger charge is 2.21. The summed E-state index contributed by atoms with van der Waals surface area (Å²) in [4.78, 5) is 30.7. The molecule has 32 heavy (non-hydrogen) atoms. The molecule has 4 rings (SSSR count). The van der Waals surface area contributed by atoms with Crippen LogP contribution in [0.1, 0.15) is 23.4 Å². The van der Waals surface area contributed by atoms with Crippen molar-refractivity contribution in [1.29, 1.82) is 0 Å². The highest BCUT2D eigenvalue weighted by Crippen LogP contribution is 2.30. The van der Waals surface area contributed by atoms with E-state index in [9.17, 15) is 9.59 Å². The van der Waals surface area contributed by atoms with Gasteiger partial charge < -0.3 is 15.5 Å². The number of hydrogen-bond acceptors (Lipinski definition) is 5. The zero-order chi connectivity index (χ0) is 22.8. The minimum absolute atomic E-state index is 0.0225. The molecule has 1 aromatic heterocycles. The normalized spacial score (nSPS) is 13.8. The van der Waals surface area contributed by atoms with Crippen LogP contribution in [0.15, 0.2) is 36.4 Å². The van der Waals surface area contributed by atoms with Crippen LogP contribution in [0.5, 0.6) is 0 Å². The first-order chi connectivity index (χ1) is 15.4. The van der Waals surface area contributed by atoms with E-state index in [1.54, 1.807) is 36.4 Å². The van der Waals surface area contributed by atoms with Crippen LogP contribution in [0.3, 0.4) is 0 Å². The second-order valence-corrected chi connectivity index (χ2v) is 8.30. The predicted octanol–water partition coefficient (Wildman–Crippen LogP) is 3.98. The van der Waals surface area contributed by atoms with Crippen LogP contribution in [-0.4, -0.2) is 46.2 Å². The molecule has 166 valence electrons. The molecule has 0 saturated carbocycles. The van der Waals surface area contributed by atoms with Crippen LogP contribution in [0, 0.1) is 0 Å². The van der Waals surface area contributed by atoms with E-state index in [1.807, 2.05) is 11.8 Å². The fourth-order valence-corrected chi connectivity index (χ4v) is 4.27. The van der Waals surface area contributed by atoms with Crippen molar-refractivity contribution in [3.05, 3.63) is 63.1 Å². The summed E-state index contributed by atoms with van der Waals surface area (Å²) < 4.78 is 1.48. The first-order valence-electron chi connectivity index (χ1n) is 9.90. The average molecular weight is 494 g/mol. The van der Waals surface area contributed by atoms with Crippen molar-refractivity contribution in [2.75, 3.05) is 29.9 Å². The van der Waals surface area contributed by atoms with E-state index in [4.69, 9.17) is 34.8 Å². The molecular formula is C21H19Cl3N6O2. The third-order valence-corrected chi connectivity index (χ3v) is 5.84. The summed E-state index contributed by atoms with van der Waals surface area (Å²) >= 11 is 19.0. The van der Waals surface area contributed by atoms with Gasteiger partial charge in [0, 0.05) is 25.2 Å². The van der Waals surface area contributed by atoms with Crippen molar-refractivity contribution in [1.82, 2.24) is 20.1 Å². The Labute approximate surface area is 199 Å². The molecule has 1 saturated heterocycles. The molecule has 1 aliphatic heterocycles. The van der Waals surface area contributed by atoms with Gasteiger partial charge in [0.25, 0.3) is 5.91 Å². The Balaban J connectivity index is 1.56. The van der Waals surface area contributed by atoms with E-state index in [1.165, 1.54) is 4.68 Å². The molecule has 1 aliphatic rings. The fourth-order valence-electron chi connectivity index (χ4n) is 3.41. The summed E-state index contributed by atoms with van der Waals surface area (Å²) in [7, 11) is 0. The van der Waals surface area contributed by atoms with Gasteiger partial charge in [-0.1, -0.05) is 47.8 Å². The maximum atomic E-state index is 12.8. The fraction of sp³-hybridized carbons (Fsp3) is 0.238. The first-order valence-corrected chi connectivity index (χ1v) is 11.0. The zero-order valence-electron chi connectivity index (χ0n) is 17.0. The molecule has 2 heterocycles. The third kappa shape index (κ3) is 4.53. The SMILES string of the molecule is CCc1nc(C(=O)Nc2ccc(N3CCNC(=O)C3)c(Cl)c2)nn1-c1c(Cl)cccc1Cl. The molecule has 0 unspecified atom stereocenters. The number of para-hydroxylation sites is 1. The minimum atomic E-state index is -0.497. The molecule has 0 atom stereocenters. The van der Waals surface area contributed by atoms with Crippen LogP contribution < -0.4 is 15.5 Å². The van der Waals surface area contributed by atoms with Gasteiger partial charge in [-0.25, -0.2) is 9.67 Å². The monoisotopic (exact) mass is 492 g/mol. The lowest BCUT2D eigenvalue weighted by molar-refractivity contribution is -0.120. The van der Waals surface area contributed by atoms with Crippen LogP contribution in [0.25, 0.3) is 5.69 Å². The zero-order valence-corrected chi connectivity index (χ0v) is 19.3. The van der Waals surface area contributed by atoms with Crippen molar-refractivity contribution < 1.29 is 9.59 Å². The van der Waals surface area contributed by atoms with E-state index in [0.29, 0.717) is 51.8 Å². The van der Waals surface area contributed by atoms with Crippen molar-refractivity contribution in [3.8, 4) is 5.69 Å². The summed E-state index contributed by atoms with van der Waals surface area (Å²) in [6, 6.07) is 10.2. The number of carbonyl (C=O) groups is 2. The molecule has 0 bridgehead atoms. The number of benzene rings is 2. The van der Waals surface area contributed by atoms with Crippen molar-refractivity contribution >= 4 is 58.0 Å². The Morgan fingerprint density at radius 2 is 1.91 bits per heavy atom. The lowest BCUT2D eigenvalue weighted by Gasteiger charge is -2.29. The second kappa shape index (κ2) is 9.36. The van der Waals surface area contributed by atoms with Gasteiger partial charge in [-0.05, 0) is 30.3 Å². The topological polar surface area (TPSA) is 92.2 Å². The van der Waals surface area contributed by atoms with Crippen LogP contribution >= 0.6 is 34.8 Å². The molecule has 3 aromatic rings. The number of nitrogens with zero attached hydrogens (tertiary/aromatic N) is 4. The Morgan fingerprint density at radius 1 is 1.16 bits per heavy atom. The van der Waals surface area contributed by atoms with Gasteiger partial charge in [0.05, 0.1) is 27.3 Å². The van der Waals surface area contributed by atoms with Gasteiger partial charge >= 0.3 is 0 Å². The van der Waals surface area contributed by atoms with Gasteiger partial charge in [-0.2, -0.15) is 0 Å². The number of rotatable bonds is 5. The molecule has 0 radical (unpaired) electrons. The van der Waals surface area contributed by atoms with Crippen LogP contribution in [-0.2, 0) is 11.2 Å². The number of carbonyl (C=O) groups excluding carboxylic acids is 2. The van der Waals surface area contributed by atoms with E-state index in [2.05, 4.69) is 20.7 Å². The first kappa shape index (κ1) is 22.4. The summed E-state index contributed by atoms with van der Waals surface area (Å²) in [6.45, 7) is 3.34. The molecule has 1 fully saturated rings. The molecule has 11 heteroatoms. The van der Waals surface area contributed by atoms with Gasteiger partial charge in [0.1, 0.15) is 11.5 Å². The van der Waals surface area contributed by atoms with Crippen molar-refractivity contribution in [3.63, 3.8) is 0 Å². The standard InChI is InChI=1S/C21H19Cl3N6O2/c1-2-17-27-20(28-30(17)19-13(22)4-3-5-14(19)23)21(32)26-12-6-7-16(15(24)10-12)29-9-8-25-18(31)11-29/h3-7,10H,2,8-9,11H2,1H3,(H,25,31)(H,26,32). The number of nitrogens with one attached hydrogen (secondary N) is 2. The number of halogens is 3. The number of aromatic nitrogens is 3. The van der Waals surface area contributed by atoms with Gasteiger partial charge in [-0.15, -0.1) is 5.10 Å². The molecule has 8 nitrogen and oxygen atoms in total. The number of anilines is 2. The van der Waals surface area contributed by atoms with Crippen molar-refractivity contribution in [2.45, 2.75) is 13.3 Å². The molecule has 2 aromatic carbocycles. The van der Waals surface area contributed by atoms with E-state index in [0.717, 1.165) is 5.69 Å². The minimum Gasteiger partial charge on any atom is -0.359 e. The summed E-state index contributed by atoms with van der Waals surface area (Å²) in [5, 5.41) is 11.1. The molecule has 0 spiro atoms. The lowest BCUT2D eigenvalue weighted by Crippen LogP contribution is -2.47. The maximum Gasteiger partial charge on any atom is 0.295 e. The van der Waals surface area contributed by atoms with Gasteiger partial charge in [0.2, 0.25) is 11.7 Å². The lowest BCUT2D eigenvalue weighted by atomic mass is 10.2. The van der Waals surface area contributed by atoms with Gasteiger partial charge in [0.15, 0.2) is 0 Å². The highest BCUT2D eigenvalue weighted by molar-refractivity contribution is 6.37. The highest BCUT2D eigenvalue weighted by atomic mass is 35.5. The number of piperazine rings is 1. The van der Waals surface area contributed by atoms with Crippen LogP contribution in [0.2, 0.25) is 15.1 Å². The Hall–Kier alpha value is -2.81. The Bertz CT molecular complexity index is 1180. The van der Waals surface area contributed by atoms with Gasteiger partial charge in [-0.3, -0.25) is 9.59 Å². The van der Waals surface area contributed by atoms with Crippen LogP contribution in [0.4, 0.5) is 11.4 Å². The molecule has 0 aliphatic carbocycles. The number of amides is 2. The molecule has 2 amide bonds. The smallest absolute Gasteiger partial charge is 0.295 e. The van der Waals surface area contributed by atoms with E-state index in [-0.39, 0.29) is 18.3 Å². The number of aryl methyl sites for hydroxylation is 1. The summed E-state index contributed by atoms with van der Waals surface area (Å²) in [6.07, 6.45) is 0.520. The quantitative estimate of drug-likeness (QED) is 0.561. The summed E-state index contributed by atoms with van der Waals surface area (Å²) in [5.74, 6) is -0.0351. The Morgan fingerprint density at radius 3 is 2.56 bits per heavy atom. The third-order valence-electron chi connectivity index (χ3n) is 4.93. The van der Waals surface area contributed by atoms with E-state index < -0.39 is 5.91 Å². The average Bonchev–Trinajstić information content (AvgIpc) is 3.18. The molecular weight excluding hydrogens is 475 g/mol. The molecule has 2 N–H and O–H groups in total. The van der Waals surface area contributed by atoms with E-state index >= 15 is 0 Å². The maximum absolute atomic E-state index is 12.8. The predicted molar refractivity (Wildman–Crippen MR) is 125 cm³/mol. The second-order valence-electron chi connectivity index (χ2n) is 7.08.